The number of amides is 1. The number of thioether (sulfide) groups is 1. The van der Waals surface area contributed by atoms with Crippen LogP contribution in [-0.4, -0.2) is 33.2 Å². The van der Waals surface area contributed by atoms with E-state index in [-0.39, 0.29) is 17.3 Å². The molecule has 3 aromatic carbocycles. The van der Waals surface area contributed by atoms with Crippen molar-refractivity contribution in [2.24, 2.45) is 0 Å². The summed E-state index contributed by atoms with van der Waals surface area (Å²) in [7, 11) is -3.95. The third kappa shape index (κ3) is 7.17. The van der Waals surface area contributed by atoms with Gasteiger partial charge in [-0.3, -0.25) is 9.10 Å². The Hall–Kier alpha value is -2.19. The molecule has 0 heterocycles. The lowest BCUT2D eigenvalue weighted by Crippen LogP contribution is -2.41. The second kappa shape index (κ2) is 12.2. The van der Waals surface area contributed by atoms with Crippen LogP contribution in [0.2, 0.25) is 10.0 Å². The molecule has 5 nitrogen and oxygen atoms in total. The Labute approximate surface area is 221 Å². The first-order valence-electron chi connectivity index (χ1n) is 11.0. The van der Waals surface area contributed by atoms with Crippen LogP contribution in [0.5, 0.6) is 0 Å². The number of hydrogen-bond donors (Lipinski definition) is 1. The average molecular weight is 552 g/mol. The van der Waals surface area contributed by atoms with E-state index in [4.69, 9.17) is 23.2 Å². The maximum atomic E-state index is 13.6. The predicted octanol–water partition coefficient (Wildman–Crippen LogP) is 6.16. The molecule has 0 aromatic heterocycles. The SMILES string of the molecule is Cc1ccc(S(=O)(=O)N(CC(=O)NCCSCc2c(Cl)cccc2Cl)c2cc(C)ccc2C)cc1. The van der Waals surface area contributed by atoms with Crippen molar-refractivity contribution < 1.29 is 13.2 Å². The number of benzene rings is 3. The molecule has 0 atom stereocenters. The molecule has 0 bridgehead atoms. The zero-order valence-corrected chi connectivity index (χ0v) is 23.0. The molecule has 186 valence electrons. The van der Waals surface area contributed by atoms with E-state index in [2.05, 4.69) is 5.32 Å². The van der Waals surface area contributed by atoms with Crippen LogP contribution in [0.25, 0.3) is 0 Å². The lowest BCUT2D eigenvalue weighted by Gasteiger charge is -2.26. The number of nitrogens with zero attached hydrogens (tertiary/aromatic N) is 1. The van der Waals surface area contributed by atoms with Gasteiger partial charge in [0.15, 0.2) is 0 Å². The normalized spacial score (nSPS) is 11.3. The number of anilines is 1. The topological polar surface area (TPSA) is 66.5 Å². The standard InChI is InChI=1S/C26H28Cl2N2O3S2/c1-18-8-11-21(12-9-18)35(32,33)30(25-15-19(2)7-10-20(25)3)16-26(31)29-13-14-34-17-22-23(27)5-4-6-24(22)28/h4-12,15H,13-14,16-17H2,1-3H3,(H,29,31). The summed E-state index contributed by atoms with van der Waals surface area (Å²) in [6, 6.07) is 17.6. The minimum absolute atomic E-state index is 0.143. The summed E-state index contributed by atoms with van der Waals surface area (Å²) < 4.78 is 28.3. The second-order valence-corrected chi connectivity index (χ2v) is 12.0. The molecule has 0 aliphatic heterocycles. The van der Waals surface area contributed by atoms with Gasteiger partial charge in [-0.25, -0.2) is 8.42 Å². The molecule has 0 unspecified atom stereocenters. The van der Waals surface area contributed by atoms with Crippen molar-refractivity contribution in [3.05, 3.63) is 93.0 Å². The Morgan fingerprint density at radius 1 is 0.943 bits per heavy atom. The average Bonchev–Trinajstić information content (AvgIpc) is 2.81. The number of aryl methyl sites for hydroxylation is 3. The highest BCUT2D eigenvalue weighted by Crippen LogP contribution is 2.29. The van der Waals surface area contributed by atoms with Crippen molar-refractivity contribution in [1.82, 2.24) is 5.32 Å². The van der Waals surface area contributed by atoms with E-state index in [0.717, 1.165) is 22.3 Å². The number of hydrogen-bond acceptors (Lipinski definition) is 4. The smallest absolute Gasteiger partial charge is 0.264 e. The molecule has 3 rings (SSSR count). The fraction of sp³-hybridized carbons (Fsp3) is 0.269. The number of halogens is 2. The molecular formula is C26H28Cl2N2O3S2. The Morgan fingerprint density at radius 3 is 2.23 bits per heavy atom. The fourth-order valence-corrected chi connectivity index (χ4v) is 6.49. The van der Waals surface area contributed by atoms with Gasteiger partial charge in [0.1, 0.15) is 6.54 Å². The lowest BCUT2D eigenvalue weighted by atomic mass is 10.1. The fourth-order valence-electron chi connectivity index (χ4n) is 3.42. The van der Waals surface area contributed by atoms with E-state index < -0.39 is 10.0 Å². The summed E-state index contributed by atoms with van der Waals surface area (Å²) in [6.45, 7) is 5.69. The van der Waals surface area contributed by atoms with Gasteiger partial charge in [-0.05, 0) is 67.8 Å². The van der Waals surface area contributed by atoms with Crippen LogP contribution in [0, 0.1) is 20.8 Å². The number of nitrogens with one attached hydrogen (secondary N) is 1. The van der Waals surface area contributed by atoms with Crippen LogP contribution in [0.15, 0.2) is 65.6 Å². The van der Waals surface area contributed by atoms with E-state index in [0.29, 0.717) is 33.8 Å². The predicted molar refractivity (Wildman–Crippen MR) is 147 cm³/mol. The van der Waals surface area contributed by atoms with Crippen molar-refractivity contribution in [2.75, 3.05) is 23.1 Å². The number of rotatable bonds is 10. The van der Waals surface area contributed by atoms with Crippen LogP contribution in [0.1, 0.15) is 22.3 Å². The molecule has 0 spiro atoms. The third-order valence-corrected chi connectivity index (χ3v) is 8.87. The van der Waals surface area contributed by atoms with Crippen molar-refractivity contribution in [2.45, 2.75) is 31.4 Å². The van der Waals surface area contributed by atoms with Crippen LogP contribution in [-0.2, 0) is 20.6 Å². The van der Waals surface area contributed by atoms with Crippen molar-refractivity contribution in [3.8, 4) is 0 Å². The Bertz CT molecular complexity index is 1280. The Morgan fingerprint density at radius 2 is 1.57 bits per heavy atom. The monoisotopic (exact) mass is 550 g/mol. The maximum Gasteiger partial charge on any atom is 0.264 e. The molecule has 0 saturated heterocycles. The van der Waals surface area contributed by atoms with Crippen molar-refractivity contribution >= 4 is 56.6 Å². The van der Waals surface area contributed by atoms with Gasteiger partial charge in [-0.1, -0.05) is 59.1 Å². The van der Waals surface area contributed by atoms with Gasteiger partial charge in [-0.15, -0.1) is 0 Å². The zero-order chi connectivity index (χ0) is 25.6. The summed E-state index contributed by atoms with van der Waals surface area (Å²) in [6.07, 6.45) is 0. The highest BCUT2D eigenvalue weighted by atomic mass is 35.5. The third-order valence-electron chi connectivity index (χ3n) is 5.41. The Balaban J connectivity index is 1.70. The number of carbonyl (C=O) groups is 1. The zero-order valence-electron chi connectivity index (χ0n) is 19.8. The molecule has 1 N–H and O–H groups in total. The minimum Gasteiger partial charge on any atom is -0.354 e. The van der Waals surface area contributed by atoms with E-state index >= 15 is 0 Å². The molecule has 35 heavy (non-hydrogen) atoms. The highest BCUT2D eigenvalue weighted by Gasteiger charge is 2.28. The molecule has 0 radical (unpaired) electrons. The first-order valence-corrected chi connectivity index (χ1v) is 14.4. The van der Waals surface area contributed by atoms with Crippen molar-refractivity contribution in [1.29, 1.82) is 0 Å². The molecule has 1 amide bonds. The van der Waals surface area contributed by atoms with Gasteiger partial charge in [-0.2, -0.15) is 11.8 Å². The molecule has 0 saturated carbocycles. The highest BCUT2D eigenvalue weighted by molar-refractivity contribution is 7.98. The quantitative estimate of drug-likeness (QED) is 0.307. The van der Waals surface area contributed by atoms with E-state index in [9.17, 15) is 13.2 Å². The summed E-state index contributed by atoms with van der Waals surface area (Å²) in [5.41, 5.74) is 3.98. The molecule has 3 aromatic rings. The molecule has 0 aliphatic carbocycles. The lowest BCUT2D eigenvalue weighted by molar-refractivity contribution is -0.119. The van der Waals surface area contributed by atoms with Gasteiger partial charge >= 0.3 is 0 Å². The molecule has 0 aliphatic rings. The molecular weight excluding hydrogens is 523 g/mol. The largest absolute Gasteiger partial charge is 0.354 e. The van der Waals surface area contributed by atoms with Crippen molar-refractivity contribution in [3.63, 3.8) is 0 Å². The maximum absolute atomic E-state index is 13.6. The van der Waals surface area contributed by atoms with Gasteiger partial charge in [0.2, 0.25) is 5.91 Å². The Kier molecular flexibility index (Phi) is 9.53. The summed E-state index contributed by atoms with van der Waals surface area (Å²) in [4.78, 5) is 13.0. The number of sulfonamides is 1. The van der Waals surface area contributed by atoms with Crippen LogP contribution < -0.4 is 9.62 Å². The summed E-state index contributed by atoms with van der Waals surface area (Å²) >= 11 is 14.0. The summed E-state index contributed by atoms with van der Waals surface area (Å²) in [5.74, 6) is 0.865. The minimum atomic E-state index is -3.95. The van der Waals surface area contributed by atoms with Gasteiger partial charge in [0.25, 0.3) is 10.0 Å². The van der Waals surface area contributed by atoms with E-state index in [1.54, 1.807) is 60.3 Å². The van der Waals surface area contributed by atoms with Gasteiger partial charge in [0.05, 0.1) is 10.6 Å². The summed E-state index contributed by atoms with van der Waals surface area (Å²) in [5, 5.41) is 4.05. The van der Waals surface area contributed by atoms with Crippen LogP contribution in [0.3, 0.4) is 0 Å². The van der Waals surface area contributed by atoms with Crippen LogP contribution >= 0.6 is 35.0 Å². The molecule has 9 heteroatoms. The first-order chi connectivity index (χ1) is 16.6. The second-order valence-electron chi connectivity index (χ2n) is 8.22. The number of carbonyl (C=O) groups excluding carboxylic acids is 1. The van der Waals surface area contributed by atoms with Crippen LogP contribution in [0.4, 0.5) is 5.69 Å². The first kappa shape index (κ1) is 27.4. The van der Waals surface area contributed by atoms with Gasteiger partial charge in [0, 0.05) is 28.1 Å². The van der Waals surface area contributed by atoms with E-state index in [1.165, 1.54) is 4.31 Å². The molecule has 0 fully saturated rings. The van der Waals surface area contributed by atoms with E-state index in [1.807, 2.05) is 32.9 Å². The van der Waals surface area contributed by atoms with Gasteiger partial charge < -0.3 is 5.32 Å².